The third kappa shape index (κ3) is 6.26. The Kier molecular flexibility index (Phi) is 6.05. The van der Waals surface area contributed by atoms with Crippen LogP contribution in [0.5, 0.6) is 0 Å². The highest BCUT2D eigenvalue weighted by Crippen LogP contribution is 2.30. The zero-order valence-corrected chi connectivity index (χ0v) is 13.9. The second-order valence-corrected chi connectivity index (χ2v) is 7.60. The van der Waals surface area contributed by atoms with Gasteiger partial charge in [-0.15, -0.1) is 0 Å². The van der Waals surface area contributed by atoms with Crippen LogP contribution in [0, 0.1) is 17.3 Å². The van der Waals surface area contributed by atoms with Gasteiger partial charge in [-0.25, -0.2) is 4.79 Å². The maximum Gasteiger partial charge on any atom is 0.407 e. The Morgan fingerprint density at radius 1 is 1.05 bits per heavy atom. The minimum Gasteiger partial charge on any atom is -0.481 e. The van der Waals surface area contributed by atoms with Crippen LogP contribution in [-0.4, -0.2) is 28.8 Å². The van der Waals surface area contributed by atoms with Gasteiger partial charge in [0.2, 0.25) is 0 Å². The summed E-state index contributed by atoms with van der Waals surface area (Å²) in [5, 5.41) is 12.2. The summed E-state index contributed by atoms with van der Waals surface area (Å²) in [6, 6.07) is -0.505. The minimum atomic E-state index is -0.906. The molecule has 0 rings (SSSR count). The molecule has 2 N–H and O–H groups in total. The third-order valence-electron chi connectivity index (χ3n) is 2.97. The predicted molar refractivity (Wildman–Crippen MR) is 78.6 cm³/mol. The molecule has 2 unspecified atom stereocenters. The molecule has 0 bridgehead atoms. The molecule has 1 amide bonds. The standard InChI is InChI=1S/C15H29NO4/c1-9(2)10(12(17)18)11(14(3,4)5)16-13(19)20-15(6,7)8/h9-11H,1-8H3,(H,16,19)(H,17,18). The molecule has 2 atom stereocenters. The first kappa shape index (κ1) is 18.7. The first-order valence-electron chi connectivity index (χ1n) is 6.98. The molecule has 0 spiro atoms. The first-order valence-corrected chi connectivity index (χ1v) is 6.98. The highest BCUT2D eigenvalue weighted by Gasteiger charge is 2.40. The van der Waals surface area contributed by atoms with Crippen molar-refractivity contribution in [2.75, 3.05) is 0 Å². The summed E-state index contributed by atoms with van der Waals surface area (Å²) in [5.41, 5.74) is -0.993. The molecule has 0 radical (unpaired) electrons. The van der Waals surface area contributed by atoms with Crippen molar-refractivity contribution >= 4 is 12.1 Å². The normalized spacial score (nSPS) is 15.7. The van der Waals surface area contributed by atoms with Crippen molar-refractivity contribution < 1.29 is 19.4 Å². The lowest BCUT2D eigenvalue weighted by Gasteiger charge is -2.37. The SMILES string of the molecule is CC(C)C(C(=O)O)C(NC(=O)OC(C)(C)C)C(C)(C)C. The average molecular weight is 287 g/mol. The van der Waals surface area contributed by atoms with Crippen LogP contribution in [0.15, 0.2) is 0 Å². The average Bonchev–Trinajstić information content (AvgIpc) is 2.10. The second kappa shape index (κ2) is 6.46. The summed E-state index contributed by atoms with van der Waals surface area (Å²) < 4.78 is 5.23. The molecular formula is C15H29NO4. The van der Waals surface area contributed by atoms with Gasteiger partial charge in [-0.1, -0.05) is 34.6 Å². The summed E-state index contributed by atoms with van der Waals surface area (Å²) in [7, 11) is 0. The van der Waals surface area contributed by atoms with Gasteiger partial charge in [-0.2, -0.15) is 0 Å². The second-order valence-electron chi connectivity index (χ2n) is 7.60. The van der Waals surface area contributed by atoms with Crippen molar-refractivity contribution in [3.05, 3.63) is 0 Å². The van der Waals surface area contributed by atoms with Gasteiger partial charge in [-0.3, -0.25) is 4.79 Å². The maximum atomic E-state index is 11.9. The van der Waals surface area contributed by atoms with E-state index in [2.05, 4.69) is 5.32 Å². The molecule has 5 heteroatoms. The number of alkyl carbamates (subject to hydrolysis) is 1. The number of ether oxygens (including phenoxy) is 1. The fourth-order valence-electron chi connectivity index (χ4n) is 2.09. The van der Waals surface area contributed by atoms with Crippen LogP contribution in [0.2, 0.25) is 0 Å². The first-order chi connectivity index (χ1) is 8.75. The van der Waals surface area contributed by atoms with Gasteiger partial charge in [0, 0.05) is 0 Å². The maximum absolute atomic E-state index is 11.9. The number of hydrogen-bond acceptors (Lipinski definition) is 3. The summed E-state index contributed by atoms with van der Waals surface area (Å²) in [6.45, 7) is 14.7. The van der Waals surface area contributed by atoms with Crippen molar-refractivity contribution in [3.8, 4) is 0 Å². The smallest absolute Gasteiger partial charge is 0.407 e. The molecule has 0 aromatic heterocycles. The van der Waals surface area contributed by atoms with Crippen molar-refractivity contribution in [2.24, 2.45) is 17.3 Å². The van der Waals surface area contributed by atoms with E-state index >= 15 is 0 Å². The molecule has 0 aromatic carbocycles. The van der Waals surface area contributed by atoms with Crippen LogP contribution >= 0.6 is 0 Å². The molecule has 0 heterocycles. The van der Waals surface area contributed by atoms with Gasteiger partial charge in [0.1, 0.15) is 5.60 Å². The number of carbonyl (C=O) groups is 2. The Hall–Kier alpha value is -1.26. The number of rotatable bonds is 4. The van der Waals surface area contributed by atoms with Crippen molar-refractivity contribution in [1.29, 1.82) is 0 Å². The Balaban J connectivity index is 5.19. The Bertz CT molecular complexity index is 350. The number of aliphatic carboxylic acids is 1. The fourth-order valence-corrected chi connectivity index (χ4v) is 2.09. The van der Waals surface area contributed by atoms with Crippen LogP contribution in [0.4, 0.5) is 4.79 Å². The molecule has 0 aliphatic rings. The van der Waals surface area contributed by atoms with E-state index < -0.39 is 29.6 Å². The lowest BCUT2D eigenvalue weighted by atomic mass is 9.74. The molecule has 0 aromatic rings. The van der Waals surface area contributed by atoms with E-state index in [4.69, 9.17) is 4.74 Å². The van der Waals surface area contributed by atoms with Gasteiger partial charge in [-0.05, 0) is 32.1 Å². The highest BCUT2D eigenvalue weighted by molar-refractivity contribution is 5.74. The molecule has 0 saturated heterocycles. The number of amides is 1. The van der Waals surface area contributed by atoms with E-state index in [9.17, 15) is 14.7 Å². The van der Waals surface area contributed by atoms with E-state index in [1.807, 2.05) is 34.6 Å². The van der Waals surface area contributed by atoms with E-state index in [0.29, 0.717) is 0 Å². The Morgan fingerprint density at radius 3 is 1.75 bits per heavy atom. The molecule has 20 heavy (non-hydrogen) atoms. The lowest BCUT2D eigenvalue weighted by molar-refractivity contribution is -0.145. The summed E-state index contributed by atoms with van der Waals surface area (Å²) in [6.07, 6.45) is -0.579. The van der Waals surface area contributed by atoms with Crippen molar-refractivity contribution in [2.45, 2.75) is 67.0 Å². The zero-order valence-electron chi connectivity index (χ0n) is 13.9. The van der Waals surface area contributed by atoms with Crippen LogP contribution in [-0.2, 0) is 9.53 Å². The van der Waals surface area contributed by atoms with Crippen LogP contribution in [0.25, 0.3) is 0 Å². The van der Waals surface area contributed by atoms with Crippen LogP contribution in [0.3, 0.4) is 0 Å². The molecule has 0 aliphatic carbocycles. The Labute approximate surface area is 122 Å². The van der Waals surface area contributed by atoms with E-state index in [-0.39, 0.29) is 11.3 Å². The number of carboxylic acids is 1. The number of carbonyl (C=O) groups excluding carboxylic acids is 1. The van der Waals surface area contributed by atoms with Crippen LogP contribution < -0.4 is 5.32 Å². The molecular weight excluding hydrogens is 258 g/mol. The third-order valence-corrected chi connectivity index (χ3v) is 2.97. The lowest BCUT2D eigenvalue weighted by Crippen LogP contribution is -2.53. The number of carboxylic acid groups (broad SMARTS) is 1. The van der Waals surface area contributed by atoms with Crippen molar-refractivity contribution in [1.82, 2.24) is 5.32 Å². The van der Waals surface area contributed by atoms with E-state index in [0.717, 1.165) is 0 Å². The summed E-state index contributed by atoms with van der Waals surface area (Å²) in [4.78, 5) is 23.4. The van der Waals surface area contributed by atoms with E-state index in [1.54, 1.807) is 20.8 Å². The summed E-state index contributed by atoms with van der Waals surface area (Å²) >= 11 is 0. The quantitative estimate of drug-likeness (QED) is 0.832. The number of nitrogens with one attached hydrogen (secondary N) is 1. The molecule has 118 valence electrons. The zero-order chi connectivity index (χ0) is 16.3. The molecule has 0 aliphatic heterocycles. The van der Waals surface area contributed by atoms with Gasteiger partial charge in [0.15, 0.2) is 0 Å². The molecule has 0 saturated carbocycles. The highest BCUT2D eigenvalue weighted by atomic mass is 16.6. The van der Waals surface area contributed by atoms with Crippen molar-refractivity contribution in [3.63, 3.8) is 0 Å². The molecule has 5 nitrogen and oxygen atoms in total. The Morgan fingerprint density at radius 2 is 1.50 bits per heavy atom. The van der Waals surface area contributed by atoms with Gasteiger partial charge < -0.3 is 15.2 Å². The number of hydrogen-bond donors (Lipinski definition) is 2. The fraction of sp³-hybridized carbons (Fsp3) is 0.867. The van der Waals surface area contributed by atoms with Gasteiger partial charge in [0.05, 0.1) is 12.0 Å². The molecule has 0 fully saturated rings. The van der Waals surface area contributed by atoms with E-state index in [1.165, 1.54) is 0 Å². The topological polar surface area (TPSA) is 75.6 Å². The van der Waals surface area contributed by atoms with Gasteiger partial charge >= 0.3 is 12.1 Å². The largest absolute Gasteiger partial charge is 0.481 e. The summed E-state index contributed by atoms with van der Waals surface area (Å²) in [5.74, 6) is -1.66. The predicted octanol–water partition coefficient (Wildman–Crippen LogP) is 3.28. The van der Waals surface area contributed by atoms with Gasteiger partial charge in [0.25, 0.3) is 0 Å². The monoisotopic (exact) mass is 287 g/mol. The van der Waals surface area contributed by atoms with Crippen LogP contribution in [0.1, 0.15) is 55.4 Å². The minimum absolute atomic E-state index is 0.0911.